The third kappa shape index (κ3) is 6.01. The summed E-state index contributed by atoms with van der Waals surface area (Å²) in [5.41, 5.74) is 3.82. The second-order valence-corrected chi connectivity index (χ2v) is 10.1. The zero-order chi connectivity index (χ0) is 29.0. The largest absolute Gasteiger partial charge is 0.508 e. The molecule has 10 heteroatoms. The number of benzene rings is 3. The normalized spacial score (nSPS) is 13.7. The molecule has 0 aromatic heterocycles. The summed E-state index contributed by atoms with van der Waals surface area (Å²) in [5.74, 6) is -1.33. The number of nitrogens with one attached hydrogen (secondary N) is 2. The smallest absolute Gasteiger partial charge is 0.251 e. The van der Waals surface area contributed by atoms with E-state index in [2.05, 4.69) is 15.8 Å². The van der Waals surface area contributed by atoms with Crippen LogP contribution in [-0.2, 0) is 22.7 Å². The Morgan fingerprint density at radius 1 is 1.23 bits per heavy atom. The van der Waals surface area contributed by atoms with Gasteiger partial charge in [-0.1, -0.05) is 25.1 Å². The lowest BCUT2D eigenvalue weighted by Crippen LogP contribution is -2.35. The molecule has 0 fully saturated rings. The summed E-state index contributed by atoms with van der Waals surface area (Å²) in [6.45, 7) is 4.14. The van der Waals surface area contributed by atoms with E-state index in [-0.39, 0.29) is 42.0 Å². The van der Waals surface area contributed by atoms with Crippen LogP contribution in [0.25, 0.3) is 0 Å². The zero-order valence-corrected chi connectivity index (χ0v) is 22.5. The predicted molar refractivity (Wildman–Crippen MR) is 149 cm³/mol. The van der Waals surface area contributed by atoms with E-state index in [9.17, 15) is 24.4 Å². The number of aromatic hydroxyl groups is 1. The number of carbonyl (C=O) groups is 3. The SMILES string of the molecule is Cc1cc(C(Nc2cc3c(cc2F)CNC3=O)C(=O)N(C)Cc2cc(N=O)ccc2O)ccc1[C@@H](C)CCC=O. The Morgan fingerprint density at radius 2 is 2.00 bits per heavy atom. The highest BCUT2D eigenvalue weighted by Gasteiger charge is 2.28. The number of phenols is 1. The molecule has 40 heavy (non-hydrogen) atoms. The minimum atomic E-state index is -1.05. The highest BCUT2D eigenvalue weighted by Crippen LogP contribution is 2.32. The molecule has 2 amide bonds. The Balaban J connectivity index is 1.70. The molecule has 1 aliphatic rings. The summed E-state index contributed by atoms with van der Waals surface area (Å²) in [5, 5.41) is 18.8. The van der Waals surface area contributed by atoms with E-state index < -0.39 is 17.8 Å². The number of nitroso groups, excluding NO2 is 1. The number of rotatable bonds is 11. The molecular weight excluding hydrogens is 515 g/mol. The quantitative estimate of drug-likeness (QED) is 0.219. The van der Waals surface area contributed by atoms with Crippen LogP contribution in [0.3, 0.4) is 0 Å². The number of amides is 2. The maximum Gasteiger partial charge on any atom is 0.251 e. The van der Waals surface area contributed by atoms with Crippen LogP contribution in [0.1, 0.15) is 69.9 Å². The third-order valence-electron chi connectivity index (χ3n) is 7.25. The van der Waals surface area contributed by atoms with Gasteiger partial charge in [0.2, 0.25) is 5.91 Å². The van der Waals surface area contributed by atoms with Crippen molar-refractivity contribution < 1.29 is 23.9 Å². The molecule has 0 bridgehead atoms. The zero-order valence-electron chi connectivity index (χ0n) is 22.5. The van der Waals surface area contributed by atoms with Crippen LogP contribution < -0.4 is 10.6 Å². The lowest BCUT2D eigenvalue weighted by atomic mass is 9.90. The van der Waals surface area contributed by atoms with Gasteiger partial charge in [0, 0.05) is 37.7 Å². The molecule has 1 aliphatic heterocycles. The van der Waals surface area contributed by atoms with Crippen molar-refractivity contribution in [3.8, 4) is 5.75 Å². The van der Waals surface area contributed by atoms with Crippen LogP contribution in [0.4, 0.5) is 15.8 Å². The second-order valence-electron chi connectivity index (χ2n) is 10.1. The maximum absolute atomic E-state index is 15.1. The van der Waals surface area contributed by atoms with Gasteiger partial charge in [-0.05, 0) is 77.0 Å². The molecule has 0 radical (unpaired) electrons. The summed E-state index contributed by atoms with van der Waals surface area (Å²) >= 11 is 0. The minimum absolute atomic E-state index is 0.00127. The van der Waals surface area contributed by atoms with Crippen molar-refractivity contribution in [2.24, 2.45) is 5.18 Å². The van der Waals surface area contributed by atoms with Gasteiger partial charge in [-0.15, -0.1) is 4.91 Å². The van der Waals surface area contributed by atoms with E-state index in [1.807, 2.05) is 26.0 Å². The van der Waals surface area contributed by atoms with Crippen molar-refractivity contribution >= 4 is 29.5 Å². The van der Waals surface area contributed by atoms with Crippen molar-refractivity contribution in [3.63, 3.8) is 0 Å². The molecule has 4 rings (SSSR count). The molecule has 9 nitrogen and oxygen atoms in total. The van der Waals surface area contributed by atoms with Crippen LogP contribution >= 0.6 is 0 Å². The number of halogens is 1. The summed E-state index contributed by atoms with van der Waals surface area (Å²) in [4.78, 5) is 49.3. The molecular formula is C30H31FN4O5. The average molecular weight is 547 g/mol. The summed E-state index contributed by atoms with van der Waals surface area (Å²) in [7, 11) is 1.53. The van der Waals surface area contributed by atoms with Crippen molar-refractivity contribution in [3.05, 3.63) is 92.6 Å². The van der Waals surface area contributed by atoms with Crippen molar-refractivity contribution in [1.82, 2.24) is 10.2 Å². The van der Waals surface area contributed by atoms with Crippen LogP contribution in [0, 0.1) is 17.6 Å². The van der Waals surface area contributed by atoms with Gasteiger partial charge < -0.3 is 25.4 Å². The Bertz CT molecular complexity index is 1470. The number of aryl methyl sites for hydroxylation is 1. The first-order valence-electron chi connectivity index (χ1n) is 12.9. The van der Waals surface area contributed by atoms with Crippen LogP contribution in [0.15, 0.2) is 53.7 Å². The molecule has 0 spiro atoms. The van der Waals surface area contributed by atoms with Crippen molar-refractivity contribution in [1.29, 1.82) is 0 Å². The maximum atomic E-state index is 15.1. The van der Waals surface area contributed by atoms with Crippen molar-refractivity contribution in [2.75, 3.05) is 12.4 Å². The van der Waals surface area contributed by atoms with E-state index in [1.165, 1.54) is 42.3 Å². The fourth-order valence-electron chi connectivity index (χ4n) is 5.01. The first-order chi connectivity index (χ1) is 19.1. The van der Waals surface area contributed by atoms with Crippen LogP contribution in [0.2, 0.25) is 0 Å². The number of likely N-dealkylation sites (N-methyl/N-ethyl adjacent to an activating group) is 1. The summed E-state index contributed by atoms with van der Waals surface area (Å²) in [6.07, 6.45) is 2.01. The fraction of sp³-hybridized carbons (Fsp3) is 0.300. The molecule has 0 aliphatic carbocycles. The second kappa shape index (κ2) is 12.1. The summed E-state index contributed by atoms with van der Waals surface area (Å²) < 4.78 is 15.1. The van der Waals surface area contributed by atoms with Gasteiger partial charge in [-0.3, -0.25) is 9.59 Å². The molecule has 3 aromatic carbocycles. The number of phenolic OH excluding ortho intramolecular Hbond substituents is 1. The molecule has 208 valence electrons. The van der Waals surface area contributed by atoms with E-state index >= 15 is 4.39 Å². The Labute approximate surface area is 231 Å². The number of nitrogens with zero attached hydrogens (tertiary/aromatic N) is 2. The van der Waals surface area contributed by atoms with Gasteiger partial charge in [0.25, 0.3) is 5.91 Å². The lowest BCUT2D eigenvalue weighted by molar-refractivity contribution is -0.131. The third-order valence-corrected chi connectivity index (χ3v) is 7.25. The minimum Gasteiger partial charge on any atom is -0.508 e. The molecule has 2 atom stereocenters. The molecule has 0 saturated carbocycles. The van der Waals surface area contributed by atoms with Gasteiger partial charge in [0.15, 0.2) is 0 Å². The first-order valence-corrected chi connectivity index (χ1v) is 12.9. The van der Waals surface area contributed by atoms with Gasteiger partial charge in [0.05, 0.1) is 5.69 Å². The average Bonchev–Trinajstić information content (AvgIpc) is 3.29. The number of hydrogen-bond acceptors (Lipinski definition) is 7. The van der Waals surface area contributed by atoms with Crippen molar-refractivity contribution in [2.45, 2.75) is 51.7 Å². The lowest BCUT2D eigenvalue weighted by Gasteiger charge is -2.27. The molecule has 0 saturated heterocycles. The van der Waals surface area contributed by atoms with E-state index in [0.29, 0.717) is 35.1 Å². The fourth-order valence-corrected chi connectivity index (χ4v) is 5.01. The van der Waals surface area contributed by atoms with E-state index in [4.69, 9.17) is 0 Å². The standard InChI is InChI=1S/C30H31FN4O5/c1-17(5-4-10-36)23-8-6-19(11-18(23)2)28(33-26-14-24-20(13-25(26)31)15-32-29(24)38)30(39)35(3)16-21-12-22(34-40)7-9-27(21)37/h6-14,17,28,33,37H,4-5,15-16H2,1-3H3,(H,32,38)/t17-,28?/m0/s1. The molecule has 3 N–H and O–H groups in total. The Morgan fingerprint density at radius 3 is 2.70 bits per heavy atom. The van der Waals surface area contributed by atoms with E-state index in [0.717, 1.165) is 17.4 Å². The van der Waals surface area contributed by atoms with E-state index in [1.54, 1.807) is 6.07 Å². The van der Waals surface area contributed by atoms with Gasteiger partial charge in [-0.25, -0.2) is 4.39 Å². The Kier molecular flexibility index (Phi) is 8.57. The number of fused-ring (bicyclic) bond motifs is 1. The number of carbonyl (C=O) groups excluding carboxylic acids is 3. The molecule has 1 heterocycles. The van der Waals surface area contributed by atoms with Gasteiger partial charge in [0.1, 0.15) is 29.6 Å². The molecule has 3 aromatic rings. The van der Waals surface area contributed by atoms with Gasteiger partial charge >= 0.3 is 0 Å². The number of anilines is 1. The number of hydrogen-bond donors (Lipinski definition) is 3. The summed E-state index contributed by atoms with van der Waals surface area (Å²) in [6, 6.07) is 11.3. The number of aldehydes is 1. The van der Waals surface area contributed by atoms with Gasteiger partial charge in [-0.2, -0.15) is 0 Å². The highest BCUT2D eigenvalue weighted by atomic mass is 19.1. The molecule has 1 unspecified atom stereocenters. The highest BCUT2D eigenvalue weighted by molar-refractivity contribution is 5.99. The Hall–Kier alpha value is -4.60. The monoisotopic (exact) mass is 546 g/mol. The van der Waals surface area contributed by atoms with Crippen LogP contribution in [0.5, 0.6) is 5.75 Å². The predicted octanol–water partition coefficient (Wildman–Crippen LogP) is 5.38. The first kappa shape index (κ1) is 28.4. The topological polar surface area (TPSA) is 128 Å². The van der Waals surface area contributed by atoms with Crippen LogP contribution in [-0.4, -0.2) is 35.2 Å².